The third-order valence-electron chi connectivity index (χ3n) is 2.62. The number of aromatic hydroxyl groups is 1. The normalized spacial score (nSPS) is 10.4. The number of phenolic OH excluding ortho intramolecular Hbond substituents is 1. The van der Waals surface area contributed by atoms with Gasteiger partial charge in [-0.15, -0.1) is 0 Å². The summed E-state index contributed by atoms with van der Waals surface area (Å²) in [5, 5.41) is 9.96. The molecule has 2 nitrogen and oxygen atoms in total. The van der Waals surface area contributed by atoms with Crippen molar-refractivity contribution in [3.63, 3.8) is 0 Å². The van der Waals surface area contributed by atoms with Crippen LogP contribution in [0.5, 0.6) is 5.75 Å². The Morgan fingerprint density at radius 1 is 1.19 bits per heavy atom. The average Bonchev–Trinajstić information content (AvgIpc) is 2.27. The lowest BCUT2D eigenvalue weighted by molar-refractivity contribution is 0.465. The molecule has 1 aromatic carbocycles. The number of aryl methyl sites for hydroxylation is 2. The molecule has 2 rings (SSSR count). The lowest BCUT2D eigenvalue weighted by Crippen LogP contribution is -1.94. The van der Waals surface area contributed by atoms with E-state index in [2.05, 4.69) is 4.98 Å². The van der Waals surface area contributed by atoms with Crippen LogP contribution in [0.4, 0.5) is 0 Å². The van der Waals surface area contributed by atoms with Crippen LogP contribution < -0.4 is 0 Å². The van der Waals surface area contributed by atoms with Crippen molar-refractivity contribution in [3.8, 4) is 5.75 Å². The van der Waals surface area contributed by atoms with Gasteiger partial charge in [-0.3, -0.25) is 4.98 Å². The Kier molecular flexibility index (Phi) is 2.91. The zero-order valence-electron chi connectivity index (χ0n) is 9.57. The molecule has 0 aliphatic rings. The SMILES string of the molecule is Cc1cc(C)c(O)c(Cc2ccccn2)c1. The smallest absolute Gasteiger partial charge is 0.122 e. The van der Waals surface area contributed by atoms with E-state index in [9.17, 15) is 5.11 Å². The summed E-state index contributed by atoms with van der Waals surface area (Å²) in [5.74, 6) is 0.385. The van der Waals surface area contributed by atoms with Gasteiger partial charge in [0.15, 0.2) is 0 Å². The summed E-state index contributed by atoms with van der Waals surface area (Å²) in [6.45, 7) is 3.96. The second-order valence-corrected chi connectivity index (χ2v) is 4.09. The Hall–Kier alpha value is -1.83. The van der Waals surface area contributed by atoms with E-state index in [0.717, 1.165) is 16.8 Å². The lowest BCUT2D eigenvalue weighted by atomic mass is 10.0. The van der Waals surface area contributed by atoms with Crippen molar-refractivity contribution < 1.29 is 5.11 Å². The molecule has 0 amide bonds. The Balaban J connectivity index is 2.35. The van der Waals surface area contributed by atoms with Crippen LogP contribution in [-0.4, -0.2) is 10.1 Å². The first-order valence-electron chi connectivity index (χ1n) is 5.36. The first-order chi connectivity index (χ1) is 7.66. The van der Waals surface area contributed by atoms with Gasteiger partial charge in [-0.25, -0.2) is 0 Å². The van der Waals surface area contributed by atoms with Crippen LogP contribution in [0.1, 0.15) is 22.4 Å². The Bertz CT molecular complexity index is 492. The number of phenols is 1. The van der Waals surface area contributed by atoms with E-state index in [1.54, 1.807) is 6.20 Å². The maximum Gasteiger partial charge on any atom is 0.122 e. The summed E-state index contributed by atoms with van der Waals surface area (Å²) in [4.78, 5) is 4.26. The molecule has 0 bridgehead atoms. The standard InChI is InChI=1S/C14H15NO/c1-10-7-11(2)14(16)12(8-10)9-13-5-3-4-6-15-13/h3-8,16H,9H2,1-2H3. The minimum atomic E-state index is 0.385. The molecule has 0 atom stereocenters. The summed E-state index contributed by atoms with van der Waals surface area (Å²) >= 11 is 0. The van der Waals surface area contributed by atoms with Gasteiger partial charge in [0.05, 0.1) is 0 Å². The molecule has 16 heavy (non-hydrogen) atoms. The van der Waals surface area contributed by atoms with Crippen LogP contribution >= 0.6 is 0 Å². The number of rotatable bonds is 2. The van der Waals surface area contributed by atoms with Crippen molar-refractivity contribution in [2.75, 3.05) is 0 Å². The fourth-order valence-electron chi connectivity index (χ4n) is 1.88. The van der Waals surface area contributed by atoms with E-state index in [1.807, 2.05) is 44.2 Å². The molecule has 0 aliphatic heterocycles. The van der Waals surface area contributed by atoms with E-state index in [-0.39, 0.29) is 0 Å². The molecule has 82 valence electrons. The Morgan fingerprint density at radius 3 is 2.69 bits per heavy atom. The van der Waals surface area contributed by atoms with Crippen LogP contribution in [0.25, 0.3) is 0 Å². The highest BCUT2D eigenvalue weighted by molar-refractivity contribution is 5.44. The van der Waals surface area contributed by atoms with Gasteiger partial charge in [-0.1, -0.05) is 23.8 Å². The van der Waals surface area contributed by atoms with Gasteiger partial charge >= 0.3 is 0 Å². The van der Waals surface area contributed by atoms with Crippen LogP contribution in [0.15, 0.2) is 36.5 Å². The highest BCUT2D eigenvalue weighted by Crippen LogP contribution is 2.25. The van der Waals surface area contributed by atoms with Crippen molar-refractivity contribution >= 4 is 0 Å². The quantitative estimate of drug-likeness (QED) is 0.831. The molecule has 0 unspecified atom stereocenters. The molecule has 0 spiro atoms. The third-order valence-corrected chi connectivity index (χ3v) is 2.62. The largest absolute Gasteiger partial charge is 0.507 e. The number of benzene rings is 1. The van der Waals surface area contributed by atoms with E-state index < -0.39 is 0 Å². The summed E-state index contributed by atoms with van der Waals surface area (Å²) < 4.78 is 0. The molecule has 2 aromatic rings. The topological polar surface area (TPSA) is 33.1 Å². The molecule has 0 radical (unpaired) electrons. The molecule has 1 heterocycles. The Labute approximate surface area is 95.6 Å². The fraction of sp³-hybridized carbons (Fsp3) is 0.214. The summed E-state index contributed by atoms with van der Waals surface area (Å²) in [6.07, 6.45) is 2.45. The number of pyridine rings is 1. The molecule has 0 saturated carbocycles. The van der Waals surface area contributed by atoms with Gasteiger partial charge in [0.2, 0.25) is 0 Å². The van der Waals surface area contributed by atoms with E-state index in [4.69, 9.17) is 0 Å². The summed E-state index contributed by atoms with van der Waals surface area (Å²) in [5.41, 5.74) is 4.01. The monoisotopic (exact) mass is 213 g/mol. The zero-order chi connectivity index (χ0) is 11.5. The summed E-state index contributed by atoms with van der Waals surface area (Å²) in [7, 11) is 0. The first kappa shape index (κ1) is 10.7. The van der Waals surface area contributed by atoms with Gasteiger partial charge in [0.25, 0.3) is 0 Å². The van der Waals surface area contributed by atoms with Crippen LogP contribution in [0.3, 0.4) is 0 Å². The molecule has 0 fully saturated rings. The predicted octanol–water partition coefficient (Wildman–Crippen LogP) is 2.99. The van der Waals surface area contributed by atoms with Gasteiger partial charge < -0.3 is 5.11 Å². The molecule has 0 saturated heterocycles. The predicted molar refractivity (Wildman–Crippen MR) is 64.6 cm³/mol. The summed E-state index contributed by atoms with van der Waals surface area (Å²) in [6, 6.07) is 9.82. The molecular formula is C14H15NO. The highest BCUT2D eigenvalue weighted by atomic mass is 16.3. The van der Waals surface area contributed by atoms with E-state index >= 15 is 0 Å². The second-order valence-electron chi connectivity index (χ2n) is 4.09. The van der Waals surface area contributed by atoms with Gasteiger partial charge in [-0.05, 0) is 31.5 Å². The number of hydrogen-bond donors (Lipinski definition) is 1. The highest BCUT2D eigenvalue weighted by Gasteiger charge is 2.06. The maximum absolute atomic E-state index is 9.96. The maximum atomic E-state index is 9.96. The van der Waals surface area contributed by atoms with Crippen molar-refractivity contribution in [1.82, 2.24) is 4.98 Å². The zero-order valence-corrected chi connectivity index (χ0v) is 9.57. The van der Waals surface area contributed by atoms with Crippen molar-refractivity contribution in [2.24, 2.45) is 0 Å². The lowest BCUT2D eigenvalue weighted by Gasteiger charge is -2.08. The minimum absolute atomic E-state index is 0.385. The van der Waals surface area contributed by atoms with Crippen molar-refractivity contribution in [3.05, 3.63) is 58.9 Å². The second kappa shape index (κ2) is 4.35. The van der Waals surface area contributed by atoms with Crippen molar-refractivity contribution in [2.45, 2.75) is 20.3 Å². The number of nitrogens with zero attached hydrogens (tertiary/aromatic N) is 1. The van der Waals surface area contributed by atoms with Crippen LogP contribution in [-0.2, 0) is 6.42 Å². The van der Waals surface area contributed by atoms with E-state index in [1.165, 1.54) is 5.56 Å². The van der Waals surface area contributed by atoms with Gasteiger partial charge in [-0.2, -0.15) is 0 Å². The van der Waals surface area contributed by atoms with Gasteiger partial charge in [0, 0.05) is 23.9 Å². The minimum Gasteiger partial charge on any atom is -0.507 e. The molecule has 0 aliphatic carbocycles. The molecular weight excluding hydrogens is 198 g/mol. The first-order valence-corrected chi connectivity index (χ1v) is 5.36. The fourth-order valence-corrected chi connectivity index (χ4v) is 1.88. The van der Waals surface area contributed by atoms with Gasteiger partial charge in [0.1, 0.15) is 5.75 Å². The molecule has 2 heteroatoms. The number of aromatic nitrogens is 1. The van der Waals surface area contributed by atoms with Crippen LogP contribution in [0, 0.1) is 13.8 Å². The van der Waals surface area contributed by atoms with E-state index in [0.29, 0.717) is 12.2 Å². The molecule has 1 aromatic heterocycles. The average molecular weight is 213 g/mol. The number of hydrogen-bond acceptors (Lipinski definition) is 2. The van der Waals surface area contributed by atoms with Crippen LogP contribution in [0.2, 0.25) is 0 Å². The Morgan fingerprint density at radius 2 is 2.00 bits per heavy atom. The van der Waals surface area contributed by atoms with Crippen molar-refractivity contribution in [1.29, 1.82) is 0 Å². The molecule has 1 N–H and O–H groups in total. The third kappa shape index (κ3) is 2.22.